The molecule has 1 aliphatic heterocycles. The third-order valence-electron chi connectivity index (χ3n) is 7.66. The highest BCUT2D eigenvalue weighted by atomic mass is 16.3. The van der Waals surface area contributed by atoms with Gasteiger partial charge in [-0.15, -0.1) is 0 Å². The SMILES string of the molecule is c1ccc(C2=NC(c3ccccc3)[N-]C(c3ccc4c(c3)oc3cc(-c5cccc6ccccc56)ccc34)=N2)cc1. The fourth-order valence-corrected chi connectivity index (χ4v) is 5.62. The van der Waals surface area contributed by atoms with Crippen LogP contribution in [0.25, 0.3) is 49.2 Å². The van der Waals surface area contributed by atoms with Gasteiger partial charge < -0.3 is 14.7 Å². The summed E-state index contributed by atoms with van der Waals surface area (Å²) in [5.74, 6) is 1.32. The number of amidine groups is 2. The Labute approximate surface area is 237 Å². The number of hydrogen-bond donors (Lipinski definition) is 0. The first-order valence-corrected chi connectivity index (χ1v) is 13.7. The lowest BCUT2D eigenvalue weighted by molar-refractivity contribution is 0.669. The van der Waals surface area contributed by atoms with E-state index < -0.39 is 0 Å². The van der Waals surface area contributed by atoms with Crippen LogP contribution in [0.2, 0.25) is 0 Å². The van der Waals surface area contributed by atoms with E-state index in [-0.39, 0.29) is 6.17 Å². The number of fused-ring (bicyclic) bond motifs is 4. The molecule has 0 saturated heterocycles. The van der Waals surface area contributed by atoms with E-state index in [4.69, 9.17) is 19.7 Å². The molecule has 4 nitrogen and oxygen atoms in total. The average Bonchev–Trinajstić information content (AvgIpc) is 3.42. The number of aliphatic imine (C=N–C) groups is 2. The molecule has 0 amide bonds. The van der Waals surface area contributed by atoms with Crippen molar-refractivity contribution in [2.75, 3.05) is 0 Å². The van der Waals surface area contributed by atoms with Crippen LogP contribution in [0.4, 0.5) is 0 Å². The smallest absolute Gasteiger partial charge is 0.136 e. The molecule has 0 aliphatic carbocycles. The number of furan rings is 1. The standard InChI is InChI=1S/C37H24N3O/c1-3-11-25(12-4-1)35-38-36(26-13-5-2-6-14-26)40-37(39-35)28-19-21-32-31-20-18-27(22-33(31)41-34(32)23-28)30-17-9-15-24-10-7-8-16-29(24)30/h1-23,35H/q-1. The van der Waals surface area contributed by atoms with Crippen LogP contribution in [0.15, 0.2) is 154 Å². The maximum absolute atomic E-state index is 6.45. The van der Waals surface area contributed by atoms with Crippen LogP contribution in [-0.2, 0) is 0 Å². The molecule has 194 valence electrons. The molecule has 6 aromatic carbocycles. The lowest BCUT2D eigenvalue weighted by Gasteiger charge is -2.32. The third kappa shape index (κ3) is 4.17. The lowest BCUT2D eigenvalue weighted by atomic mass is 9.97. The molecule has 7 aromatic rings. The van der Waals surface area contributed by atoms with E-state index in [0.717, 1.165) is 44.2 Å². The fraction of sp³-hybridized carbons (Fsp3) is 0.0270. The maximum atomic E-state index is 6.45. The van der Waals surface area contributed by atoms with Crippen molar-refractivity contribution < 1.29 is 4.42 Å². The van der Waals surface area contributed by atoms with Gasteiger partial charge >= 0.3 is 0 Å². The quantitative estimate of drug-likeness (QED) is 0.225. The molecule has 0 radical (unpaired) electrons. The summed E-state index contributed by atoms with van der Waals surface area (Å²) >= 11 is 0. The van der Waals surface area contributed by atoms with Crippen molar-refractivity contribution in [3.05, 3.63) is 162 Å². The van der Waals surface area contributed by atoms with Crippen LogP contribution < -0.4 is 0 Å². The van der Waals surface area contributed by atoms with Gasteiger partial charge in [-0.2, -0.15) is 0 Å². The highest BCUT2D eigenvalue weighted by Crippen LogP contribution is 2.36. The van der Waals surface area contributed by atoms with Crippen molar-refractivity contribution in [1.82, 2.24) is 0 Å². The molecule has 1 aromatic heterocycles. The predicted molar refractivity (Wildman–Crippen MR) is 169 cm³/mol. The Morgan fingerprint density at radius 1 is 0.537 bits per heavy atom. The van der Waals surface area contributed by atoms with Crippen molar-refractivity contribution >= 4 is 44.4 Å². The van der Waals surface area contributed by atoms with Gasteiger partial charge in [0.1, 0.15) is 11.2 Å². The van der Waals surface area contributed by atoms with Crippen molar-refractivity contribution in [1.29, 1.82) is 0 Å². The summed E-state index contributed by atoms with van der Waals surface area (Å²) in [5, 5.41) is 9.58. The van der Waals surface area contributed by atoms with Crippen LogP contribution >= 0.6 is 0 Å². The van der Waals surface area contributed by atoms with Crippen LogP contribution in [-0.4, -0.2) is 11.7 Å². The molecule has 1 aliphatic rings. The van der Waals surface area contributed by atoms with Gasteiger partial charge in [0.05, 0.1) is 12.0 Å². The molecule has 0 spiro atoms. The molecule has 2 heterocycles. The summed E-state index contributed by atoms with van der Waals surface area (Å²) in [7, 11) is 0. The van der Waals surface area contributed by atoms with Gasteiger partial charge in [-0.25, -0.2) is 0 Å². The first-order valence-electron chi connectivity index (χ1n) is 13.7. The van der Waals surface area contributed by atoms with Gasteiger partial charge in [-0.1, -0.05) is 121 Å². The molecule has 1 unspecified atom stereocenters. The highest BCUT2D eigenvalue weighted by molar-refractivity contribution is 6.20. The summed E-state index contributed by atoms with van der Waals surface area (Å²) < 4.78 is 6.45. The Morgan fingerprint density at radius 3 is 2.00 bits per heavy atom. The molecule has 8 rings (SSSR count). The van der Waals surface area contributed by atoms with Crippen LogP contribution in [0.3, 0.4) is 0 Å². The van der Waals surface area contributed by atoms with Gasteiger partial charge in [0, 0.05) is 10.8 Å². The monoisotopic (exact) mass is 526 g/mol. The highest BCUT2D eigenvalue weighted by Gasteiger charge is 2.15. The van der Waals surface area contributed by atoms with Gasteiger partial charge in [0.2, 0.25) is 0 Å². The molecular formula is C37H24N3O-. The van der Waals surface area contributed by atoms with Crippen LogP contribution in [0.5, 0.6) is 0 Å². The zero-order valence-electron chi connectivity index (χ0n) is 22.1. The molecule has 0 bridgehead atoms. The topological polar surface area (TPSA) is 52.0 Å². The van der Waals surface area contributed by atoms with Crippen molar-refractivity contribution in [3.63, 3.8) is 0 Å². The predicted octanol–water partition coefficient (Wildman–Crippen LogP) is 9.69. The second-order valence-electron chi connectivity index (χ2n) is 10.2. The fourth-order valence-electron chi connectivity index (χ4n) is 5.62. The van der Waals surface area contributed by atoms with Gasteiger partial charge in [0.15, 0.2) is 0 Å². The molecule has 4 heteroatoms. The van der Waals surface area contributed by atoms with Gasteiger partial charge in [0.25, 0.3) is 0 Å². The van der Waals surface area contributed by atoms with Crippen molar-refractivity contribution in [2.45, 2.75) is 6.17 Å². The van der Waals surface area contributed by atoms with E-state index >= 15 is 0 Å². The molecular weight excluding hydrogens is 502 g/mol. The first-order chi connectivity index (χ1) is 20.3. The van der Waals surface area contributed by atoms with Crippen molar-refractivity contribution in [3.8, 4) is 11.1 Å². The van der Waals surface area contributed by atoms with E-state index in [1.165, 1.54) is 16.3 Å². The summed E-state index contributed by atoms with van der Waals surface area (Å²) in [4.78, 5) is 9.79. The van der Waals surface area contributed by atoms with E-state index in [1.807, 2.05) is 54.6 Å². The second-order valence-corrected chi connectivity index (χ2v) is 10.2. The summed E-state index contributed by atoms with van der Waals surface area (Å²) in [5.41, 5.74) is 6.89. The Balaban J connectivity index is 1.21. The van der Waals surface area contributed by atoms with Gasteiger partial charge in [-0.3, -0.25) is 4.99 Å². The number of benzene rings is 6. The molecule has 1 atom stereocenters. The molecule has 0 fully saturated rings. The normalized spacial score (nSPS) is 15.1. The third-order valence-corrected chi connectivity index (χ3v) is 7.66. The minimum absolute atomic E-state index is 0.367. The second kappa shape index (κ2) is 9.61. The van der Waals surface area contributed by atoms with E-state index in [9.17, 15) is 0 Å². The molecule has 0 N–H and O–H groups in total. The average molecular weight is 527 g/mol. The summed E-state index contributed by atoms with van der Waals surface area (Å²) in [6.07, 6.45) is -0.367. The molecule has 41 heavy (non-hydrogen) atoms. The van der Waals surface area contributed by atoms with Gasteiger partial charge in [-0.05, 0) is 62.9 Å². The van der Waals surface area contributed by atoms with Crippen molar-refractivity contribution in [2.24, 2.45) is 9.98 Å². The Morgan fingerprint density at radius 2 is 1.20 bits per heavy atom. The number of rotatable bonds is 4. The number of nitrogens with zero attached hydrogens (tertiary/aromatic N) is 3. The maximum Gasteiger partial charge on any atom is 0.136 e. The molecule has 0 saturated carbocycles. The van der Waals surface area contributed by atoms with E-state index in [1.54, 1.807) is 0 Å². The summed E-state index contributed by atoms with van der Waals surface area (Å²) in [6.45, 7) is 0. The Bertz CT molecular complexity index is 2120. The number of hydrogen-bond acceptors (Lipinski definition) is 3. The Hall–Kier alpha value is -5.48. The zero-order chi connectivity index (χ0) is 27.2. The lowest BCUT2D eigenvalue weighted by Crippen LogP contribution is -2.15. The Kier molecular flexibility index (Phi) is 5.49. The van der Waals surface area contributed by atoms with E-state index in [2.05, 4.69) is 84.9 Å². The largest absolute Gasteiger partial charge is 0.456 e. The zero-order valence-corrected chi connectivity index (χ0v) is 22.1. The first kappa shape index (κ1) is 23.4. The van der Waals surface area contributed by atoms with E-state index in [0.29, 0.717) is 11.7 Å². The minimum Gasteiger partial charge on any atom is -0.456 e. The van der Waals surface area contributed by atoms with Crippen LogP contribution in [0, 0.1) is 0 Å². The summed E-state index contributed by atoms with van der Waals surface area (Å²) in [6, 6.07) is 47.8. The van der Waals surface area contributed by atoms with Crippen LogP contribution in [0.1, 0.15) is 22.9 Å². The minimum atomic E-state index is -0.367.